The highest BCUT2D eigenvalue weighted by atomic mass is 16.6. The number of nitrogens with zero attached hydrogens (tertiary/aromatic N) is 2. The Labute approximate surface area is 229 Å². The van der Waals surface area contributed by atoms with Gasteiger partial charge in [-0.2, -0.15) is 0 Å². The van der Waals surface area contributed by atoms with Crippen molar-refractivity contribution in [2.75, 3.05) is 19.8 Å². The van der Waals surface area contributed by atoms with Crippen LogP contribution in [0.25, 0.3) is 22.6 Å². The van der Waals surface area contributed by atoms with Crippen molar-refractivity contribution in [3.63, 3.8) is 0 Å². The number of fused-ring (bicyclic) bond motifs is 1. The van der Waals surface area contributed by atoms with Gasteiger partial charge in [0, 0.05) is 17.2 Å². The van der Waals surface area contributed by atoms with E-state index in [4.69, 9.17) is 18.9 Å². The van der Waals surface area contributed by atoms with E-state index in [1.54, 1.807) is 6.92 Å². The number of rotatable bonds is 8. The van der Waals surface area contributed by atoms with Gasteiger partial charge in [0.1, 0.15) is 11.4 Å². The molecule has 4 aromatic rings. The van der Waals surface area contributed by atoms with Crippen LogP contribution in [-0.4, -0.2) is 35.6 Å². The lowest BCUT2D eigenvalue weighted by Crippen LogP contribution is -2.31. The quantitative estimate of drug-likeness (QED) is 0.229. The number of hydrogen-bond donors (Lipinski definition) is 0. The monoisotopic (exact) mass is 522 g/mol. The Kier molecular flexibility index (Phi) is 7.46. The highest BCUT2D eigenvalue weighted by Crippen LogP contribution is 2.46. The molecular formula is C33H34N2O4. The molecule has 6 rings (SSSR count). The van der Waals surface area contributed by atoms with E-state index in [1.165, 1.54) is 11.1 Å². The normalized spacial score (nSPS) is 19.0. The zero-order valence-electron chi connectivity index (χ0n) is 22.3. The molecule has 2 heterocycles. The molecule has 1 aromatic heterocycles. The summed E-state index contributed by atoms with van der Waals surface area (Å²) in [6.45, 7) is 3.08. The highest BCUT2D eigenvalue weighted by molar-refractivity contribution is 5.76. The number of aromatic nitrogens is 1. The summed E-state index contributed by atoms with van der Waals surface area (Å²) in [6, 6.07) is 27.1. The molecule has 0 N–H and O–H groups in total. The second kappa shape index (κ2) is 11.5. The van der Waals surface area contributed by atoms with Crippen LogP contribution in [0.2, 0.25) is 0 Å². The van der Waals surface area contributed by atoms with Crippen LogP contribution >= 0.6 is 0 Å². The van der Waals surface area contributed by atoms with E-state index in [-0.39, 0.29) is 24.7 Å². The number of carbonyl (C=O) groups is 1. The number of hydrogen-bond acceptors (Lipinski definition) is 6. The van der Waals surface area contributed by atoms with Gasteiger partial charge in [-0.15, -0.1) is 0 Å². The van der Waals surface area contributed by atoms with Crippen LogP contribution in [-0.2, 0) is 16.0 Å². The van der Waals surface area contributed by atoms with Crippen molar-refractivity contribution in [3.8, 4) is 28.3 Å². The summed E-state index contributed by atoms with van der Waals surface area (Å²) >= 11 is 0. The first-order chi connectivity index (χ1) is 19.2. The molecule has 200 valence electrons. The Morgan fingerprint density at radius 3 is 2.44 bits per heavy atom. The standard InChI is InChI=1S/C33H34N2O4/c1-2-37-30(36)22-38-29-20-10-16-25-26(29)17-9-18-27(25)35-21-11-19-28(35)33-34-31(23-12-5-3-6-13-23)32(39-33)24-14-7-4-8-15-24/h3-8,10,12-16,20,27-28H,2,9,11,17-19,21-22H2,1H3/t27-,28-/m0/s1. The van der Waals surface area contributed by atoms with E-state index in [0.717, 1.165) is 72.9 Å². The summed E-state index contributed by atoms with van der Waals surface area (Å²) in [6.07, 6.45) is 5.19. The topological polar surface area (TPSA) is 64.8 Å². The zero-order valence-corrected chi connectivity index (χ0v) is 22.3. The third-order valence-electron chi connectivity index (χ3n) is 7.79. The van der Waals surface area contributed by atoms with Crippen molar-refractivity contribution < 1.29 is 18.7 Å². The van der Waals surface area contributed by atoms with E-state index in [0.29, 0.717) is 6.61 Å². The van der Waals surface area contributed by atoms with Crippen LogP contribution in [0, 0.1) is 0 Å². The second-order valence-electron chi connectivity index (χ2n) is 10.2. The molecule has 0 radical (unpaired) electrons. The van der Waals surface area contributed by atoms with Gasteiger partial charge in [-0.3, -0.25) is 4.90 Å². The molecule has 3 aromatic carbocycles. The Morgan fingerprint density at radius 2 is 1.67 bits per heavy atom. The maximum absolute atomic E-state index is 11.9. The lowest BCUT2D eigenvalue weighted by molar-refractivity contribution is -0.145. The molecule has 0 saturated carbocycles. The average Bonchev–Trinajstić information content (AvgIpc) is 3.65. The fourth-order valence-electron chi connectivity index (χ4n) is 6.09. The minimum absolute atomic E-state index is 0.0673. The van der Waals surface area contributed by atoms with Crippen molar-refractivity contribution in [1.82, 2.24) is 9.88 Å². The molecule has 0 amide bonds. The minimum atomic E-state index is -0.339. The number of benzene rings is 3. The Balaban J connectivity index is 1.32. The summed E-state index contributed by atoms with van der Waals surface area (Å²) in [4.78, 5) is 19.6. The number of esters is 1. The number of likely N-dealkylation sites (tertiary alicyclic amines) is 1. The largest absolute Gasteiger partial charge is 0.482 e. The summed E-state index contributed by atoms with van der Waals surface area (Å²) in [5.41, 5.74) is 5.47. The summed E-state index contributed by atoms with van der Waals surface area (Å²) < 4.78 is 17.6. The van der Waals surface area contributed by atoms with Crippen LogP contribution in [0.3, 0.4) is 0 Å². The van der Waals surface area contributed by atoms with Crippen molar-refractivity contribution in [2.45, 2.75) is 51.1 Å². The molecular weight excluding hydrogens is 488 g/mol. The molecule has 1 aliphatic heterocycles. The average molecular weight is 523 g/mol. The van der Waals surface area contributed by atoms with Crippen LogP contribution < -0.4 is 4.74 Å². The maximum atomic E-state index is 11.9. The third kappa shape index (κ3) is 5.21. The SMILES string of the molecule is CCOC(=O)COc1cccc2c1CCC[C@@H]2N1CCC[C@H]1c1nc(-c2ccccc2)c(-c2ccccc2)o1. The Hall–Kier alpha value is -3.90. The van der Waals surface area contributed by atoms with Crippen molar-refractivity contribution in [3.05, 3.63) is 95.9 Å². The molecule has 1 fully saturated rings. The Bertz CT molecular complexity index is 1360. The zero-order chi connectivity index (χ0) is 26.6. The van der Waals surface area contributed by atoms with Gasteiger partial charge in [0.25, 0.3) is 0 Å². The lowest BCUT2D eigenvalue weighted by atomic mass is 9.86. The maximum Gasteiger partial charge on any atom is 0.344 e. The van der Waals surface area contributed by atoms with Gasteiger partial charge in [0.05, 0.1) is 12.6 Å². The molecule has 1 aliphatic carbocycles. The fraction of sp³-hybridized carbons (Fsp3) is 0.333. The van der Waals surface area contributed by atoms with Gasteiger partial charge >= 0.3 is 5.97 Å². The van der Waals surface area contributed by atoms with Crippen molar-refractivity contribution in [1.29, 1.82) is 0 Å². The number of oxazole rings is 1. The fourth-order valence-corrected chi connectivity index (χ4v) is 6.09. The predicted molar refractivity (Wildman–Crippen MR) is 150 cm³/mol. The molecule has 6 nitrogen and oxygen atoms in total. The van der Waals surface area contributed by atoms with Crippen LogP contribution in [0.1, 0.15) is 61.7 Å². The molecule has 6 heteroatoms. The van der Waals surface area contributed by atoms with E-state index >= 15 is 0 Å². The van der Waals surface area contributed by atoms with Gasteiger partial charge in [0.15, 0.2) is 12.4 Å². The highest BCUT2D eigenvalue weighted by Gasteiger charge is 2.38. The first-order valence-corrected chi connectivity index (χ1v) is 14.0. The van der Waals surface area contributed by atoms with Gasteiger partial charge in [-0.1, -0.05) is 72.8 Å². The lowest BCUT2D eigenvalue weighted by Gasteiger charge is -2.36. The molecule has 2 atom stereocenters. The van der Waals surface area contributed by atoms with Crippen molar-refractivity contribution >= 4 is 5.97 Å². The third-order valence-corrected chi connectivity index (χ3v) is 7.79. The van der Waals surface area contributed by atoms with Gasteiger partial charge in [-0.05, 0) is 62.8 Å². The van der Waals surface area contributed by atoms with E-state index < -0.39 is 0 Å². The molecule has 0 spiro atoms. The summed E-state index contributed by atoms with van der Waals surface area (Å²) in [5, 5.41) is 0. The molecule has 39 heavy (non-hydrogen) atoms. The molecule has 0 bridgehead atoms. The predicted octanol–water partition coefficient (Wildman–Crippen LogP) is 7.17. The van der Waals surface area contributed by atoms with Gasteiger partial charge in [-0.25, -0.2) is 9.78 Å². The minimum Gasteiger partial charge on any atom is -0.482 e. The second-order valence-corrected chi connectivity index (χ2v) is 10.2. The first kappa shape index (κ1) is 25.4. The summed E-state index contributed by atoms with van der Waals surface area (Å²) in [5.74, 6) is 2.05. The summed E-state index contributed by atoms with van der Waals surface area (Å²) in [7, 11) is 0. The Morgan fingerprint density at radius 1 is 0.923 bits per heavy atom. The van der Waals surface area contributed by atoms with Crippen LogP contribution in [0.15, 0.2) is 83.3 Å². The number of ether oxygens (including phenoxy) is 2. The first-order valence-electron chi connectivity index (χ1n) is 14.0. The van der Waals surface area contributed by atoms with Gasteiger partial charge in [0.2, 0.25) is 5.89 Å². The van der Waals surface area contributed by atoms with E-state index in [2.05, 4.69) is 35.2 Å². The molecule has 0 unspecified atom stereocenters. The number of carbonyl (C=O) groups excluding carboxylic acids is 1. The van der Waals surface area contributed by atoms with Crippen molar-refractivity contribution in [2.24, 2.45) is 0 Å². The van der Waals surface area contributed by atoms with Crippen LogP contribution in [0.5, 0.6) is 5.75 Å². The van der Waals surface area contributed by atoms with E-state index in [1.807, 2.05) is 48.5 Å². The molecule has 2 aliphatic rings. The smallest absolute Gasteiger partial charge is 0.344 e. The van der Waals surface area contributed by atoms with Crippen LogP contribution in [0.4, 0.5) is 0 Å². The molecule has 1 saturated heterocycles. The van der Waals surface area contributed by atoms with E-state index in [9.17, 15) is 4.79 Å². The van der Waals surface area contributed by atoms with Gasteiger partial charge < -0.3 is 13.9 Å².